The summed E-state index contributed by atoms with van der Waals surface area (Å²) in [7, 11) is -3.79. The fourth-order valence-electron chi connectivity index (χ4n) is 1.80. The van der Waals surface area contributed by atoms with E-state index in [1.807, 2.05) is 13.0 Å². The molecule has 2 rings (SSSR count). The van der Waals surface area contributed by atoms with Crippen LogP contribution in [0.2, 0.25) is 0 Å². The van der Waals surface area contributed by atoms with Crippen LogP contribution in [0.15, 0.2) is 41.6 Å². The van der Waals surface area contributed by atoms with E-state index in [1.54, 1.807) is 24.5 Å². The molecular formula is C13H16N4O2S. The molecule has 0 saturated heterocycles. The normalized spacial score (nSPS) is 11.3. The third kappa shape index (κ3) is 3.25. The average molecular weight is 292 g/mol. The smallest absolute Gasteiger partial charge is 0.240 e. The number of nitrogens with one attached hydrogen (secondary N) is 1. The van der Waals surface area contributed by atoms with E-state index in [4.69, 9.17) is 10.9 Å². The van der Waals surface area contributed by atoms with Gasteiger partial charge in [-0.2, -0.15) is 0 Å². The number of hydrogen-bond acceptors (Lipinski definition) is 5. The van der Waals surface area contributed by atoms with Gasteiger partial charge in [-0.05, 0) is 42.3 Å². The number of primary sulfonamides is 1. The number of sulfonamides is 1. The highest BCUT2D eigenvalue weighted by Crippen LogP contribution is 2.22. The third-order valence-corrected chi connectivity index (χ3v) is 3.93. The molecule has 1 aromatic carbocycles. The van der Waals surface area contributed by atoms with Crippen molar-refractivity contribution < 1.29 is 8.42 Å². The second-order valence-corrected chi connectivity index (χ2v) is 5.98. The van der Waals surface area contributed by atoms with Gasteiger partial charge in [0.1, 0.15) is 4.90 Å². The van der Waals surface area contributed by atoms with E-state index >= 15 is 0 Å². The number of benzene rings is 1. The molecule has 1 heterocycles. The summed E-state index contributed by atoms with van der Waals surface area (Å²) in [6, 6.07) is 6.49. The van der Waals surface area contributed by atoms with Crippen molar-refractivity contribution in [3.05, 3.63) is 47.8 Å². The predicted octanol–water partition coefficient (Wildman–Crippen LogP) is 1.23. The van der Waals surface area contributed by atoms with Crippen molar-refractivity contribution in [3.63, 3.8) is 0 Å². The van der Waals surface area contributed by atoms with Crippen molar-refractivity contribution in [2.45, 2.75) is 18.4 Å². The molecule has 2 aromatic rings. The first-order valence-electron chi connectivity index (χ1n) is 5.93. The first-order valence-corrected chi connectivity index (χ1v) is 7.48. The lowest BCUT2D eigenvalue weighted by atomic mass is 10.1. The minimum Gasteiger partial charge on any atom is -0.398 e. The van der Waals surface area contributed by atoms with Crippen LogP contribution in [0.5, 0.6) is 0 Å². The quantitative estimate of drug-likeness (QED) is 0.734. The van der Waals surface area contributed by atoms with E-state index in [0.717, 1.165) is 16.8 Å². The van der Waals surface area contributed by atoms with Gasteiger partial charge in [0.2, 0.25) is 10.0 Å². The molecule has 106 valence electrons. The van der Waals surface area contributed by atoms with Gasteiger partial charge in [-0.1, -0.05) is 0 Å². The standard InChI is InChI=1S/C13H16N4O2S/c1-9-4-5-16-7-10(9)8-17-11-2-3-13(12(14)6-11)20(15,18)19/h2-7,17H,8,14H2,1H3,(H2,15,18,19). The van der Waals surface area contributed by atoms with Gasteiger partial charge >= 0.3 is 0 Å². The van der Waals surface area contributed by atoms with Gasteiger partial charge < -0.3 is 11.1 Å². The Kier molecular flexibility index (Phi) is 3.91. The molecule has 0 aliphatic carbocycles. The maximum absolute atomic E-state index is 11.3. The van der Waals surface area contributed by atoms with E-state index in [1.165, 1.54) is 6.07 Å². The first-order chi connectivity index (χ1) is 9.38. The zero-order chi connectivity index (χ0) is 14.8. The Hall–Kier alpha value is -2.12. The molecular weight excluding hydrogens is 276 g/mol. The monoisotopic (exact) mass is 292 g/mol. The number of anilines is 2. The van der Waals surface area contributed by atoms with E-state index in [2.05, 4.69) is 10.3 Å². The minimum atomic E-state index is -3.79. The van der Waals surface area contributed by atoms with E-state index in [9.17, 15) is 8.42 Å². The van der Waals surface area contributed by atoms with Crippen molar-refractivity contribution in [2.24, 2.45) is 5.14 Å². The summed E-state index contributed by atoms with van der Waals surface area (Å²) >= 11 is 0. The van der Waals surface area contributed by atoms with Crippen LogP contribution < -0.4 is 16.2 Å². The Morgan fingerprint density at radius 3 is 2.65 bits per heavy atom. The molecule has 5 N–H and O–H groups in total. The van der Waals surface area contributed by atoms with Gasteiger partial charge in [-0.3, -0.25) is 4.98 Å². The van der Waals surface area contributed by atoms with Crippen molar-refractivity contribution in [1.82, 2.24) is 4.98 Å². The van der Waals surface area contributed by atoms with Crippen LogP contribution in [-0.4, -0.2) is 13.4 Å². The molecule has 0 unspecified atom stereocenters. The SMILES string of the molecule is Cc1ccncc1CNc1ccc(S(N)(=O)=O)c(N)c1. The number of hydrogen-bond donors (Lipinski definition) is 3. The van der Waals surface area contributed by atoms with Crippen molar-refractivity contribution in [2.75, 3.05) is 11.1 Å². The van der Waals surface area contributed by atoms with Gasteiger partial charge in [-0.25, -0.2) is 13.6 Å². The molecule has 20 heavy (non-hydrogen) atoms. The van der Waals surface area contributed by atoms with Crippen LogP contribution in [0.4, 0.5) is 11.4 Å². The highest BCUT2D eigenvalue weighted by atomic mass is 32.2. The summed E-state index contributed by atoms with van der Waals surface area (Å²) < 4.78 is 22.5. The summed E-state index contributed by atoms with van der Waals surface area (Å²) in [6.45, 7) is 2.57. The number of aromatic nitrogens is 1. The number of aryl methyl sites for hydroxylation is 1. The van der Waals surface area contributed by atoms with Gasteiger partial charge in [0, 0.05) is 24.6 Å². The summed E-state index contributed by atoms with van der Waals surface area (Å²) in [5, 5.41) is 8.22. The maximum atomic E-state index is 11.3. The molecule has 0 bridgehead atoms. The molecule has 0 aliphatic rings. The van der Waals surface area contributed by atoms with Gasteiger partial charge in [-0.15, -0.1) is 0 Å². The zero-order valence-electron chi connectivity index (χ0n) is 11.0. The summed E-state index contributed by atoms with van der Waals surface area (Å²) in [6.07, 6.45) is 3.52. The molecule has 6 nitrogen and oxygen atoms in total. The number of pyridine rings is 1. The van der Waals surface area contributed by atoms with E-state index < -0.39 is 10.0 Å². The predicted molar refractivity (Wildman–Crippen MR) is 78.5 cm³/mol. The Balaban J connectivity index is 2.16. The second-order valence-electron chi connectivity index (χ2n) is 4.45. The van der Waals surface area contributed by atoms with Crippen molar-refractivity contribution in [3.8, 4) is 0 Å². The van der Waals surface area contributed by atoms with Gasteiger partial charge in [0.25, 0.3) is 0 Å². The van der Waals surface area contributed by atoms with E-state index in [0.29, 0.717) is 6.54 Å². The third-order valence-electron chi connectivity index (χ3n) is 2.95. The highest BCUT2D eigenvalue weighted by Gasteiger charge is 2.12. The largest absolute Gasteiger partial charge is 0.398 e. The van der Waals surface area contributed by atoms with Gasteiger partial charge in [0.15, 0.2) is 0 Å². The Labute approximate surface area is 117 Å². The molecule has 0 spiro atoms. The molecule has 7 heteroatoms. The molecule has 0 amide bonds. The van der Waals surface area contributed by atoms with Crippen molar-refractivity contribution in [1.29, 1.82) is 0 Å². The number of nitrogens with zero attached hydrogens (tertiary/aromatic N) is 1. The fourth-order valence-corrected chi connectivity index (χ4v) is 2.44. The lowest BCUT2D eigenvalue weighted by Crippen LogP contribution is -2.14. The fraction of sp³-hybridized carbons (Fsp3) is 0.154. The van der Waals surface area contributed by atoms with Crippen LogP contribution in [0.25, 0.3) is 0 Å². The summed E-state index contributed by atoms with van der Waals surface area (Å²) in [5.74, 6) is 0. The van der Waals surface area contributed by atoms with Crippen LogP contribution in [0.1, 0.15) is 11.1 Å². The molecule has 0 radical (unpaired) electrons. The van der Waals surface area contributed by atoms with Crippen molar-refractivity contribution >= 4 is 21.4 Å². The highest BCUT2D eigenvalue weighted by molar-refractivity contribution is 7.89. The lowest BCUT2D eigenvalue weighted by Gasteiger charge is -2.10. The molecule has 0 saturated carbocycles. The van der Waals surface area contributed by atoms with Crippen LogP contribution >= 0.6 is 0 Å². The Bertz CT molecular complexity index is 729. The first kappa shape index (κ1) is 14.3. The summed E-state index contributed by atoms with van der Waals surface area (Å²) in [5.41, 5.74) is 8.72. The minimum absolute atomic E-state index is 0.0689. The number of nitrogen functional groups attached to an aromatic ring is 1. The number of rotatable bonds is 4. The molecule has 0 fully saturated rings. The molecule has 0 atom stereocenters. The van der Waals surface area contributed by atoms with Crippen LogP contribution in [0, 0.1) is 6.92 Å². The Morgan fingerprint density at radius 1 is 1.30 bits per heavy atom. The molecule has 1 aromatic heterocycles. The second kappa shape index (κ2) is 5.48. The van der Waals surface area contributed by atoms with Gasteiger partial charge in [0.05, 0.1) is 5.69 Å². The topological polar surface area (TPSA) is 111 Å². The average Bonchev–Trinajstić information content (AvgIpc) is 2.36. The van der Waals surface area contributed by atoms with Crippen LogP contribution in [0.3, 0.4) is 0 Å². The number of nitrogens with two attached hydrogens (primary N) is 2. The van der Waals surface area contributed by atoms with E-state index in [-0.39, 0.29) is 10.6 Å². The molecule has 0 aliphatic heterocycles. The lowest BCUT2D eigenvalue weighted by molar-refractivity contribution is 0.598. The zero-order valence-corrected chi connectivity index (χ0v) is 11.8. The van der Waals surface area contributed by atoms with Crippen LogP contribution in [-0.2, 0) is 16.6 Å². The maximum Gasteiger partial charge on any atom is 0.240 e. The summed E-state index contributed by atoms with van der Waals surface area (Å²) in [4.78, 5) is 3.99. The Morgan fingerprint density at radius 2 is 2.05 bits per heavy atom.